The van der Waals surface area contributed by atoms with Gasteiger partial charge in [-0.3, -0.25) is 9.69 Å². The van der Waals surface area contributed by atoms with Crippen LogP contribution < -0.4 is 10.5 Å². The van der Waals surface area contributed by atoms with E-state index in [0.29, 0.717) is 16.8 Å². The van der Waals surface area contributed by atoms with E-state index in [2.05, 4.69) is 20.9 Å². The van der Waals surface area contributed by atoms with Crippen LogP contribution in [0.4, 0.5) is 5.82 Å². The lowest BCUT2D eigenvalue weighted by Gasteiger charge is -2.31. The van der Waals surface area contributed by atoms with Crippen molar-refractivity contribution in [3.05, 3.63) is 141 Å². The van der Waals surface area contributed by atoms with Crippen LogP contribution in [-0.2, 0) is 0 Å². The highest BCUT2D eigenvalue weighted by molar-refractivity contribution is 9.10. The molecule has 34 heavy (non-hydrogen) atoms. The zero-order valence-electron chi connectivity index (χ0n) is 18.0. The van der Waals surface area contributed by atoms with E-state index in [1.165, 1.54) is 0 Å². The highest BCUT2D eigenvalue weighted by Gasteiger charge is 2.32. The molecular formula is C28H19BrN2O3. The summed E-state index contributed by atoms with van der Waals surface area (Å²) in [7, 11) is 0. The van der Waals surface area contributed by atoms with E-state index < -0.39 is 17.6 Å². The number of carbonyl (C=O) groups excluding carboxylic acids is 1. The Labute approximate surface area is 204 Å². The average Bonchev–Trinajstić information content (AvgIpc) is 2.88. The monoisotopic (exact) mass is 510 g/mol. The topological polar surface area (TPSA) is 63.4 Å². The summed E-state index contributed by atoms with van der Waals surface area (Å²) in [5.74, 6) is -0.0631. The molecule has 2 aromatic heterocycles. The number of para-hydroxylation sites is 1. The summed E-state index contributed by atoms with van der Waals surface area (Å²) in [5.41, 5.74) is 1.45. The largest absolute Gasteiger partial charge is 0.422 e. The van der Waals surface area contributed by atoms with Gasteiger partial charge in [-0.25, -0.2) is 9.78 Å². The molecule has 2 heterocycles. The van der Waals surface area contributed by atoms with Crippen LogP contribution in [0.2, 0.25) is 0 Å². The molecule has 5 nitrogen and oxygen atoms in total. The van der Waals surface area contributed by atoms with Gasteiger partial charge in [0, 0.05) is 16.1 Å². The van der Waals surface area contributed by atoms with Gasteiger partial charge in [-0.05, 0) is 47.5 Å². The minimum absolute atomic E-state index is 0.0533. The van der Waals surface area contributed by atoms with E-state index in [9.17, 15) is 9.59 Å². The molecule has 1 amide bonds. The van der Waals surface area contributed by atoms with Crippen LogP contribution >= 0.6 is 15.9 Å². The molecule has 0 saturated carbocycles. The van der Waals surface area contributed by atoms with Crippen LogP contribution in [0.15, 0.2) is 123 Å². The van der Waals surface area contributed by atoms with Crippen molar-refractivity contribution in [2.24, 2.45) is 0 Å². The second-order valence-electron chi connectivity index (χ2n) is 7.71. The Morgan fingerprint density at radius 3 is 2.24 bits per heavy atom. The molecule has 0 N–H and O–H groups in total. The first-order chi connectivity index (χ1) is 16.6. The van der Waals surface area contributed by atoms with Gasteiger partial charge in [-0.1, -0.05) is 82.7 Å². The number of amides is 1. The molecule has 0 aliphatic heterocycles. The summed E-state index contributed by atoms with van der Waals surface area (Å²) >= 11 is 3.48. The van der Waals surface area contributed by atoms with Gasteiger partial charge in [0.2, 0.25) is 0 Å². The number of aromatic nitrogens is 1. The molecule has 0 spiro atoms. The highest BCUT2D eigenvalue weighted by atomic mass is 79.9. The Morgan fingerprint density at radius 1 is 0.824 bits per heavy atom. The number of pyridine rings is 1. The zero-order valence-corrected chi connectivity index (χ0v) is 19.6. The first kappa shape index (κ1) is 21.8. The van der Waals surface area contributed by atoms with Crippen LogP contribution in [0.5, 0.6) is 0 Å². The Balaban J connectivity index is 1.73. The van der Waals surface area contributed by atoms with Crippen LogP contribution in [0.25, 0.3) is 11.0 Å². The van der Waals surface area contributed by atoms with E-state index in [4.69, 9.17) is 4.42 Å². The third-order valence-electron chi connectivity index (χ3n) is 5.55. The molecule has 0 radical (unpaired) electrons. The molecule has 1 unspecified atom stereocenters. The van der Waals surface area contributed by atoms with Crippen molar-refractivity contribution in [2.75, 3.05) is 4.90 Å². The second-order valence-corrected chi connectivity index (χ2v) is 8.63. The first-order valence-corrected chi connectivity index (χ1v) is 11.5. The third kappa shape index (κ3) is 4.28. The van der Waals surface area contributed by atoms with Gasteiger partial charge in [-0.2, -0.15) is 0 Å². The maximum Gasteiger partial charge on any atom is 0.349 e. The van der Waals surface area contributed by atoms with Crippen molar-refractivity contribution in [1.29, 1.82) is 0 Å². The molecule has 0 saturated heterocycles. The maximum absolute atomic E-state index is 14.1. The summed E-state index contributed by atoms with van der Waals surface area (Å²) in [6, 6.07) is 31.0. The molecule has 1 atom stereocenters. The number of halogens is 1. The Morgan fingerprint density at radius 2 is 1.50 bits per heavy atom. The van der Waals surface area contributed by atoms with Gasteiger partial charge < -0.3 is 4.42 Å². The number of rotatable bonds is 5. The predicted molar refractivity (Wildman–Crippen MR) is 136 cm³/mol. The fraction of sp³-hybridized carbons (Fsp3) is 0.0357. The van der Waals surface area contributed by atoms with Crippen molar-refractivity contribution in [3.8, 4) is 0 Å². The maximum atomic E-state index is 14.1. The van der Waals surface area contributed by atoms with Gasteiger partial charge in [0.05, 0.1) is 6.04 Å². The van der Waals surface area contributed by atoms with Crippen molar-refractivity contribution in [3.63, 3.8) is 0 Å². The molecule has 6 heteroatoms. The van der Waals surface area contributed by atoms with Crippen LogP contribution in [0.3, 0.4) is 0 Å². The molecular weight excluding hydrogens is 492 g/mol. The summed E-state index contributed by atoms with van der Waals surface area (Å²) < 4.78 is 6.40. The lowest BCUT2D eigenvalue weighted by molar-refractivity contribution is 0.0976. The summed E-state index contributed by atoms with van der Waals surface area (Å²) in [5, 5.41) is 0.673. The number of hydrogen-bond acceptors (Lipinski definition) is 4. The van der Waals surface area contributed by atoms with Gasteiger partial charge in [0.1, 0.15) is 17.0 Å². The number of nitrogens with zero attached hydrogens (tertiary/aromatic N) is 2. The van der Waals surface area contributed by atoms with Gasteiger partial charge in [0.15, 0.2) is 0 Å². The molecule has 0 aliphatic rings. The minimum Gasteiger partial charge on any atom is -0.422 e. The van der Waals surface area contributed by atoms with Crippen molar-refractivity contribution in [2.45, 2.75) is 6.04 Å². The standard InChI is InChI=1S/C28H19BrN2O3/c29-22-15-13-20(14-16-22)26(19-8-2-1-3-9-19)31(25-12-6-7-17-30-25)27(32)23-18-21-10-4-5-11-24(21)34-28(23)33/h1-18,26H. The fourth-order valence-electron chi connectivity index (χ4n) is 3.96. The molecule has 0 bridgehead atoms. The number of carbonyl (C=O) groups is 1. The van der Waals surface area contributed by atoms with Crippen LogP contribution in [0.1, 0.15) is 27.5 Å². The summed E-state index contributed by atoms with van der Waals surface area (Å²) in [4.78, 5) is 33.0. The molecule has 166 valence electrons. The number of anilines is 1. The van der Waals surface area contributed by atoms with E-state index in [1.54, 1.807) is 41.4 Å². The lowest BCUT2D eigenvalue weighted by atomic mass is 9.96. The normalized spacial score (nSPS) is 11.8. The van der Waals surface area contributed by atoms with E-state index >= 15 is 0 Å². The Hall–Kier alpha value is -4.03. The number of hydrogen-bond donors (Lipinski definition) is 0. The molecule has 5 aromatic rings. The van der Waals surface area contributed by atoms with Crippen molar-refractivity contribution < 1.29 is 9.21 Å². The third-order valence-corrected chi connectivity index (χ3v) is 6.07. The predicted octanol–water partition coefficient (Wildman–Crippen LogP) is 6.39. The van der Waals surface area contributed by atoms with E-state index in [0.717, 1.165) is 15.6 Å². The van der Waals surface area contributed by atoms with Gasteiger partial charge in [-0.15, -0.1) is 0 Å². The average molecular weight is 511 g/mol. The number of fused-ring (bicyclic) bond motifs is 1. The minimum atomic E-state index is -0.688. The summed E-state index contributed by atoms with van der Waals surface area (Å²) in [6.07, 6.45) is 1.63. The molecule has 5 rings (SSSR count). The zero-order chi connectivity index (χ0) is 23.5. The Kier molecular flexibility index (Phi) is 6.06. The number of benzene rings is 3. The second kappa shape index (κ2) is 9.45. The summed E-state index contributed by atoms with van der Waals surface area (Å²) in [6.45, 7) is 0. The van der Waals surface area contributed by atoms with Crippen LogP contribution in [0, 0.1) is 0 Å². The van der Waals surface area contributed by atoms with E-state index in [-0.39, 0.29) is 5.56 Å². The van der Waals surface area contributed by atoms with E-state index in [1.807, 2.05) is 72.8 Å². The van der Waals surface area contributed by atoms with Gasteiger partial charge >= 0.3 is 5.63 Å². The molecule has 0 aliphatic carbocycles. The molecule has 3 aromatic carbocycles. The quantitative estimate of drug-likeness (QED) is 0.257. The first-order valence-electron chi connectivity index (χ1n) is 10.7. The highest BCUT2D eigenvalue weighted by Crippen LogP contribution is 2.34. The SMILES string of the molecule is O=C(c1cc2ccccc2oc1=O)N(c1ccccn1)C(c1ccccc1)c1ccc(Br)cc1. The lowest BCUT2D eigenvalue weighted by Crippen LogP contribution is -2.38. The van der Waals surface area contributed by atoms with Crippen molar-refractivity contribution >= 4 is 38.6 Å². The molecule has 0 fully saturated rings. The van der Waals surface area contributed by atoms with Crippen molar-refractivity contribution in [1.82, 2.24) is 4.98 Å². The smallest absolute Gasteiger partial charge is 0.349 e. The fourth-order valence-corrected chi connectivity index (χ4v) is 4.23. The Bertz CT molecular complexity index is 1500. The van der Waals surface area contributed by atoms with Crippen LogP contribution in [-0.4, -0.2) is 10.9 Å². The van der Waals surface area contributed by atoms with Gasteiger partial charge in [0.25, 0.3) is 5.91 Å².